The van der Waals surface area contributed by atoms with Crippen LogP contribution in [0.4, 0.5) is 0 Å². The molecule has 136 valence electrons. The SMILES string of the molecule is CN=C(NCCCCOC1CCCCCC1)NCc1ncnn1C. The Morgan fingerprint density at radius 3 is 2.71 bits per heavy atom. The third kappa shape index (κ3) is 6.86. The summed E-state index contributed by atoms with van der Waals surface area (Å²) < 4.78 is 7.77. The molecule has 1 aromatic rings. The number of ether oxygens (including phenoxy) is 1. The summed E-state index contributed by atoms with van der Waals surface area (Å²) in [7, 11) is 3.66. The van der Waals surface area contributed by atoms with Crippen LogP contribution in [0.1, 0.15) is 57.2 Å². The normalized spacial score (nSPS) is 16.8. The predicted molar refractivity (Wildman–Crippen MR) is 95.9 cm³/mol. The Labute approximate surface area is 145 Å². The molecule has 1 aliphatic carbocycles. The number of hydrogen-bond donors (Lipinski definition) is 2. The summed E-state index contributed by atoms with van der Waals surface area (Å²) in [6, 6.07) is 0. The maximum absolute atomic E-state index is 6.01. The first kappa shape index (κ1) is 18.7. The molecule has 1 heterocycles. The second-order valence-electron chi connectivity index (χ2n) is 6.34. The van der Waals surface area contributed by atoms with Gasteiger partial charge in [-0.25, -0.2) is 4.98 Å². The van der Waals surface area contributed by atoms with Crippen LogP contribution in [0, 0.1) is 0 Å². The highest BCUT2D eigenvalue weighted by molar-refractivity contribution is 5.79. The summed E-state index contributed by atoms with van der Waals surface area (Å²) in [4.78, 5) is 8.41. The van der Waals surface area contributed by atoms with Crippen LogP contribution >= 0.6 is 0 Å². The summed E-state index contributed by atoms with van der Waals surface area (Å²) >= 11 is 0. The lowest BCUT2D eigenvalue weighted by Crippen LogP contribution is -2.37. The van der Waals surface area contributed by atoms with Crippen LogP contribution < -0.4 is 10.6 Å². The zero-order valence-electron chi connectivity index (χ0n) is 15.1. The lowest BCUT2D eigenvalue weighted by atomic mass is 10.1. The van der Waals surface area contributed by atoms with Gasteiger partial charge < -0.3 is 15.4 Å². The standard InChI is InChI=1S/C17H32N6O/c1-18-17(20-13-16-21-14-22-23(16)2)19-11-7-8-12-24-15-9-5-3-4-6-10-15/h14-15H,3-13H2,1-2H3,(H2,18,19,20). The average molecular weight is 336 g/mol. The fourth-order valence-electron chi connectivity index (χ4n) is 2.96. The van der Waals surface area contributed by atoms with E-state index in [1.165, 1.54) is 38.5 Å². The van der Waals surface area contributed by atoms with Crippen LogP contribution in [0.15, 0.2) is 11.3 Å². The van der Waals surface area contributed by atoms with Gasteiger partial charge in [0.2, 0.25) is 0 Å². The van der Waals surface area contributed by atoms with Crippen molar-refractivity contribution in [2.45, 2.75) is 64.0 Å². The Hall–Kier alpha value is -1.63. The molecular formula is C17H32N6O. The Balaban J connectivity index is 1.51. The van der Waals surface area contributed by atoms with Crippen LogP contribution in [-0.2, 0) is 18.3 Å². The van der Waals surface area contributed by atoms with Gasteiger partial charge >= 0.3 is 0 Å². The van der Waals surface area contributed by atoms with Gasteiger partial charge in [0.05, 0.1) is 12.6 Å². The first-order chi connectivity index (χ1) is 11.8. The molecule has 0 unspecified atom stereocenters. The van der Waals surface area contributed by atoms with E-state index in [4.69, 9.17) is 4.74 Å². The van der Waals surface area contributed by atoms with Crippen LogP contribution in [0.3, 0.4) is 0 Å². The van der Waals surface area contributed by atoms with Crippen molar-refractivity contribution in [1.82, 2.24) is 25.4 Å². The molecule has 0 saturated heterocycles. The number of aliphatic imine (C=N–C) groups is 1. The largest absolute Gasteiger partial charge is 0.378 e. The molecule has 0 spiro atoms. The van der Waals surface area contributed by atoms with Crippen molar-refractivity contribution >= 4 is 5.96 Å². The molecule has 1 saturated carbocycles. The Kier molecular flexibility index (Phi) is 8.59. The van der Waals surface area contributed by atoms with Gasteiger partial charge in [-0.1, -0.05) is 25.7 Å². The highest BCUT2D eigenvalue weighted by Crippen LogP contribution is 2.19. The van der Waals surface area contributed by atoms with Crippen molar-refractivity contribution in [2.24, 2.45) is 12.0 Å². The van der Waals surface area contributed by atoms with E-state index in [1.807, 2.05) is 7.05 Å². The fourth-order valence-corrected chi connectivity index (χ4v) is 2.96. The van der Waals surface area contributed by atoms with Gasteiger partial charge in [-0.15, -0.1) is 0 Å². The van der Waals surface area contributed by atoms with Gasteiger partial charge in [-0.3, -0.25) is 9.67 Å². The van der Waals surface area contributed by atoms with E-state index in [-0.39, 0.29) is 0 Å². The van der Waals surface area contributed by atoms with Crippen molar-refractivity contribution in [3.8, 4) is 0 Å². The average Bonchev–Trinajstić information content (AvgIpc) is 2.84. The Bertz CT molecular complexity index is 479. The number of nitrogens with one attached hydrogen (secondary N) is 2. The summed E-state index contributed by atoms with van der Waals surface area (Å²) in [5.74, 6) is 1.68. The molecule has 24 heavy (non-hydrogen) atoms. The first-order valence-corrected chi connectivity index (χ1v) is 9.18. The third-order valence-electron chi connectivity index (χ3n) is 4.46. The molecule has 1 fully saturated rings. The minimum Gasteiger partial charge on any atom is -0.378 e. The van der Waals surface area contributed by atoms with E-state index in [9.17, 15) is 0 Å². The van der Waals surface area contributed by atoms with Gasteiger partial charge in [-0.2, -0.15) is 5.10 Å². The lowest BCUT2D eigenvalue weighted by molar-refractivity contribution is 0.0411. The van der Waals surface area contributed by atoms with Gasteiger partial charge in [0.15, 0.2) is 5.96 Å². The third-order valence-corrected chi connectivity index (χ3v) is 4.46. The van der Waals surface area contributed by atoms with E-state index >= 15 is 0 Å². The molecule has 0 bridgehead atoms. The second-order valence-corrected chi connectivity index (χ2v) is 6.34. The van der Waals surface area contributed by atoms with Crippen LogP contribution in [0.25, 0.3) is 0 Å². The quantitative estimate of drug-likeness (QED) is 0.329. The maximum Gasteiger partial charge on any atom is 0.191 e. The number of hydrogen-bond acceptors (Lipinski definition) is 4. The van der Waals surface area contributed by atoms with E-state index in [0.29, 0.717) is 12.6 Å². The zero-order chi connectivity index (χ0) is 17.0. The summed E-state index contributed by atoms with van der Waals surface area (Å²) in [5, 5.41) is 10.6. The van der Waals surface area contributed by atoms with Crippen molar-refractivity contribution in [2.75, 3.05) is 20.2 Å². The summed E-state index contributed by atoms with van der Waals surface area (Å²) in [6.07, 6.45) is 12.1. The molecule has 2 rings (SSSR count). The van der Waals surface area contributed by atoms with E-state index in [2.05, 4.69) is 25.7 Å². The smallest absolute Gasteiger partial charge is 0.191 e. The molecule has 1 aromatic heterocycles. The summed E-state index contributed by atoms with van der Waals surface area (Å²) in [6.45, 7) is 2.38. The molecule has 7 heteroatoms. The number of nitrogens with zero attached hydrogens (tertiary/aromatic N) is 4. The fraction of sp³-hybridized carbons (Fsp3) is 0.824. The topological polar surface area (TPSA) is 76.4 Å². The van der Waals surface area contributed by atoms with Gasteiger partial charge in [0, 0.05) is 27.2 Å². The molecule has 0 amide bonds. The second kappa shape index (κ2) is 11.0. The number of aromatic nitrogens is 3. The molecule has 7 nitrogen and oxygen atoms in total. The number of aryl methyl sites for hydroxylation is 1. The molecule has 0 aliphatic heterocycles. The van der Waals surface area contributed by atoms with Crippen LogP contribution in [0.2, 0.25) is 0 Å². The van der Waals surface area contributed by atoms with E-state index < -0.39 is 0 Å². The molecule has 1 aliphatic rings. The molecular weight excluding hydrogens is 304 g/mol. The number of guanidine groups is 1. The lowest BCUT2D eigenvalue weighted by Gasteiger charge is -2.15. The minimum absolute atomic E-state index is 0.501. The maximum atomic E-state index is 6.01. The van der Waals surface area contributed by atoms with Crippen molar-refractivity contribution < 1.29 is 4.74 Å². The predicted octanol–water partition coefficient (Wildman–Crippen LogP) is 2.00. The van der Waals surface area contributed by atoms with Crippen LogP contribution in [-0.4, -0.2) is 47.0 Å². The first-order valence-electron chi connectivity index (χ1n) is 9.18. The highest BCUT2D eigenvalue weighted by atomic mass is 16.5. The van der Waals surface area contributed by atoms with Gasteiger partial charge in [0.1, 0.15) is 12.2 Å². The number of rotatable bonds is 8. The molecule has 0 radical (unpaired) electrons. The Morgan fingerprint density at radius 1 is 1.25 bits per heavy atom. The van der Waals surface area contributed by atoms with Gasteiger partial charge in [-0.05, 0) is 25.7 Å². The molecule has 0 aromatic carbocycles. The zero-order valence-corrected chi connectivity index (χ0v) is 15.1. The molecule has 0 atom stereocenters. The minimum atomic E-state index is 0.501. The molecule has 2 N–H and O–H groups in total. The van der Waals surface area contributed by atoms with Crippen molar-refractivity contribution in [3.05, 3.63) is 12.2 Å². The highest BCUT2D eigenvalue weighted by Gasteiger charge is 2.11. The van der Waals surface area contributed by atoms with E-state index in [0.717, 1.165) is 37.8 Å². The van der Waals surface area contributed by atoms with E-state index in [1.54, 1.807) is 18.1 Å². The number of unbranched alkanes of at least 4 members (excludes halogenated alkanes) is 1. The van der Waals surface area contributed by atoms with Crippen molar-refractivity contribution in [3.63, 3.8) is 0 Å². The Morgan fingerprint density at radius 2 is 2.04 bits per heavy atom. The summed E-state index contributed by atoms with van der Waals surface area (Å²) in [5.41, 5.74) is 0. The van der Waals surface area contributed by atoms with Crippen LogP contribution in [0.5, 0.6) is 0 Å². The van der Waals surface area contributed by atoms with Crippen molar-refractivity contribution in [1.29, 1.82) is 0 Å². The van der Waals surface area contributed by atoms with Gasteiger partial charge in [0.25, 0.3) is 0 Å². The monoisotopic (exact) mass is 336 g/mol.